The Kier molecular flexibility index (Phi) is 6.68. The smallest absolute Gasteiger partial charge is 0.387 e. The summed E-state index contributed by atoms with van der Waals surface area (Å²) in [6.45, 7) is -2.87. The predicted molar refractivity (Wildman–Crippen MR) is 116 cm³/mol. The maximum absolute atomic E-state index is 13.1. The van der Waals surface area contributed by atoms with Crippen molar-refractivity contribution in [3.05, 3.63) is 65.3 Å². The van der Waals surface area contributed by atoms with Crippen LogP contribution in [0.3, 0.4) is 0 Å². The van der Waals surface area contributed by atoms with E-state index in [0.717, 1.165) is 11.3 Å². The lowest BCUT2D eigenvalue weighted by molar-refractivity contribution is -0.132. The van der Waals surface area contributed by atoms with Gasteiger partial charge < -0.3 is 4.74 Å². The van der Waals surface area contributed by atoms with Crippen LogP contribution < -0.4 is 10.1 Å². The third-order valence-electron chi connectivity index (χ3n) is 4.72. The van der Waals surface area contributed by atoms with Crippen molar-refractivity contribution in [2.45, 2.75) is 26.0 Å². The molecule has 0 unspecified atom stereocenters. The molecule has 0 saturated heterocycles. The first kappa shape index (κ1) is 22.5. The zero-order valence-electron chi connectivity index (χ0n) is 17.0. The summed E-state index contributed by atoms with van der Waals surface area (Å²) in [4.78, 5) is 29.2. The summed E-state index contributed by atoms with van der Waals surface area (Å²) in [6.07, 6.45) is 0.267. The highest BCUT2D eigenvalue weighted by atomic mass is 32.1. The van der Waals surface area contributed by atoms with Crippen LogP contribution in [0.5, 0.6) is 5.75 Å². The average molecular weight is 474 g/mol. The molecule has 3 aromatic rings. The van der Waals surface area contributed by atoms with Crippen LogP contribution in [0.15, 0.2) is 59.0 Å². The van der Waals surface area contributed by atoms with Crippen molar-refractivity contribution in [3.63, 3.8) is 0 Å². The Labute approximate surface area is 190 Å². The van der Waals surface area contributed by atoms with E-state index in [4.69, 9.17) is 0 Å². The van der Waals surface area contributed by atoms with E-state index in [1.807, 2.05) is 0 Å². The van der Waals surface area contributed by atoms with Crippen LogP contribution in [0.4, 0.5) is 18.3 Å². The van der Waals surface area contributed by atoms with Gasteiger partial charge >= 0.3 is 6.61 Å². The minimum Gasteiger partial charge on any atom is -0.434 e. The van der Waals surface area contributed by atoms with Gasteiger partial charge in [-0.05, 0) is 29.8 Å². The molecule has 2 amide bonds. The summed E-state index contributed by atoms with van der Waals surface area (Å²) in [7, 11) is 0. The molecule has 7 nitrogen and oxygen atoms in total. The molecule has 1 aliphatic heterocycles. The fourth-order valence-electron chi connectivity index (χ4n) is 3.15. The maximum atomic E-state index is 13.1. The summed E-state index contributed by atoms with van der Waals surface area (Å²) < 4.78 is 42.9. The molecule has 2 heterocycles. The SMILES string of the molecule is O=C(Nc1nc(-c2ccccc2OC(F)F)cs1)C1=NN(Cc2ccc(F)cc2)C(=O)CC1. The quantitative estimate of drug-likeness (QED) is 0.540. The van der Waals surface area contributed by atoms with E-state index in [0.29, 0.717) is 16.8 Å². The monoisotopic (exact) mass is 474 g/mol. The Morgan fingerprint density at radius 3 is 2.67 bits per heavy atom. The van der Waals surface area contributed by atoms with Crippen LogP contribution in [0.1, 0.15) is 18.4 Å². The number of hydrogen-bond acceptors (Lipinski definition) is 6. The summed E-state index contributed by atoms with van der Waals surface area (Å²) >= 11 is 1.11. The summed E-state index contributed by atoms with van der Waals surface area (Å²) in [5.41, 5.74) is 1.55. The number of carbonyl (C=O) groups is 2. The van der Waals surface area contributed by atoms with Crippen molar-refractivity contribution in [3.8, 4) is 17.0 Å². The van der Waals surface area contributed by atoms with Gasteiger partial charge in [-0.2, -0.15) is 13.9 Å². The molecule has 33 heavy (non-hydrogen) atoms. The largest absolute Gasteiger partial charge is 0.434 e. The molecule has 2 aromatic carbocycles. The van der Waals surface area contributed by atoms with Crippen molar-refractivity contribution in [2.75, 3.05) is 5.32 Å². The summed E-state index contributed by atoms with van der Waals surface area (Å²) in [5.74, 6) is -1.19. The van der Waals surface area contributed by atoms with Gasteiger partial charge in [-0.1, -0.05) is 24.3 Å². The van der Waals surface area contributed by atoms with Crippen LogP contribution in [0.25, 0.3) is 11.3 Å². The molecule has 170 valence electrons. The molecule has 0 bridgehead atoms. The summed E-state index contributed by atoms with van der Waals surface area (Å²) in [5, 5.41) is 9.81. The number of hydrazone groups is 1. The lowest BCUT2D eigenvalue weighted by atomic mass is 10.1. The van der Waals surface area contributed by atoms with Gasteiger partial charge in [0, 0.05) is 23.8 Å². The van der Waals surface area contributed by atoms with Crippen molar-refractivity contribution in [2.24, 2.45) is 5.10 Å². The average Bonchev–Trinajstić information content (AvgIpc) is 3.25. The first-order valence-corrected chi connectivity index (χ1v) is 10.7. The normalized spacial score (nSPS) is 13.8. The lowest BCUT2D eigenvalue weighted by Gasteiger charge is -2.23. The Morgan fingerprint density at radius 1 is 1.15 bits per heavy atom. The maximum Gasteiger partial charge on any atom is 0.387 e. The molecule has 0 fully saturated rings. The van der Waals surface area contributed by atoms with Gasteiger partial charge in [0.15, 0.2) is 5.13 Å². The van der Waals surface area contributed by atoms with E-state index in [2.05, 4.69) is 20.1 Å². The van der Waals surface area contributed by atoms with Gasteiger partial charge in [0.25, 0.3) is 5.91 Å². The number of halogens is 3. The molecule has 0 saturated carbocycles. The van der Waals surface area contributed by atoms with Crippen LogP contribution in [-0.4, -0.2) is 34.1 Å². The number of alkyl halides is 2. The van der Waals surface area contributed by atoms with E-state index in [9.17, 15) is 22.8 Å². The van der Waals surface area contributed by atoms with Crippen LogP contribution in [-0.2, 0) is 16.1 Å². The molecular formula is C22H17F3N4O3S. The van der Waals surface area contributed by atoms with E-state index < -0.39 is 18.3 Å². The van der Waals surface area contributed by atoms with Gasteiger partial charge in [0.05, 0.1) is 12.2 Å². The highest BCUT2D eigenvalue weighted by molar-refractivity contribution is 7.14. The van der Waals surface area contributed by atoms with Gasteiger partial charge in [0.2, 0.25) is 5.91 Å². The molecule has 0 spiro atoms. The minimum atomic E-state index is -2.98. The molecular weight excluding hydrogens is 457 g/mol. The van der Waals surface area contributed by atoms with Gasteiger partial charge in [0.1, 0.15) is 17.3 Å². The number of thiazole rings is 1. The third kappa shape index (κ3) is 5.55. The molecule has 1 aromatic heterocycles. The lowest BCUT2D eigenvalue weighted by Crippen LogP contribution is -2.36. The molecule has 0 radical (unpaired) electrons. The number of amides is 2. The van der Waals surface area contributed by atoms with Crippen LogP contribution in [0.2, 0.25) is 0 Å². The number of carbonyl (C=O) groups excluding carboxylic acids is 2. The van der Waals surface area contributed by atoms with Crippen molar-refractivity contribution >= 4 is 34.0 Å². The number of anilines is 1. The van der Waals surface area contributed by atoms with Crippen molar-refractivity contribution in [1.82, 2.24) is 9.99 Å². The predicted octanol–water partition coefficient (Wildman–Crippen LogP) is 4.67. The highest BCUT2D eigenvalue weighted by Crippen LogP contribution is 2.33. The van der Waals surface area contributed by atoms with E-state index in [1.165, 1.54) is 23.2 Å². The number of para-hydroxylation sites is 1. The highest BCUT2D eigenvalue weighted by Gasteiger charge is 2.25. The standard InChI is InChI=1S/C22H17F3N4O3S/c23-14-7-5-13(6-8-14)11-29-19(30)10-9-16(28-29)20(31)27-22-26-17(12-33-22)15-3-1-2-4-18(15)32-21(24)25/h1-8,12,21H,9-11H2,(H,26,27,31). The van der Waals surface area contributed by atoms with Gasteiger partial charge in [-0.25, -0.2) is 14.4 Å². The van der Waals surface area contributed by atoms with Crippen LogP contribution >= 0.6 is 11.3 Å². The van der Waals surface area contributed by atoms with Gasteiger partial charge in [-0.15, -0.1) is 11.3 Å². The Bertz CT molecular complexity index is 1200. The van der Waals surface area contributed by atoms with Gasteiger partial charge in [-0.3, -0.25) is 14.9 Å². The van der Waals surface area contributed by atoms with Crippen molar-refractivity contribution < 1.29 is 27.5 Å². The molecule has 0 atom stereocenters. The first-order chi connectivity index (χ1) is 15.9. The zero-order chi connectivity index (χ0) is 23.4. The number of nitrogens with zero attached hydrogens (tertiary/aromatic N) is 3. The number of rotatable bonds is 7. The number of aromatic nitrogens is 1. The minimum absolute atomic E-state index is 0.0257. The summed E-state index contributed by atoms with van der Waals surface area (Å²) in [6, 6.07) is 11.9. The second kappa shape index (κ2) is 9.82. The molecule has 0 aliphatic carbocycles. The first-order valence-electron chi connectivity index (χ1n) is 9.82. The topological polar surface area (TPSA) is 83.9 Å². The number of hydrogen-bond donors (Lipinski definition) is 1. The third-order valence-corrected chi connectivity index (χ3v) is 5.47. The second-order valence-electron chi connectivity index (χ2n) is 6.99. The van der Waals surface area contributed by atoms with E-state index in [-0.39, 0.29) is 41.9 Å². The van der Waals surface area contributed by atoms with E-state index >= 15 is 0 Å². The molecule has 11 heteroatoms. The van der Waals surface area contributed by atoms with Crippen molar-refractivity contribution in [1.29, 1.82) is 0 Å². The second-order valence-corrected chi connectivity index (χ2v) is 7.85. The van der Waals surface area contributed by atoms with E-state index in [1.54, 1.807) is 35.7 Å². The number of ether oxygens (including phenoxy) is 1. The fraction of sp³-hybridized carbons (Fsp3) is 0.182. The molecule has 1 aliphatic rings. The number of benzene rings is 2. The van der Waals surface area contributed by atoms with Crippen LogP contribution in [0, 0.1) is 5.82 Å². The number of nitrogens with one attached hydrogen (secondary N) is 1. The fourth-order valence-corrected chi connectivity index (χ4v) is 3.86. The Balaban J connectivity index is 1.47. The molecule has 1 N–H and O–H groups in total. The Morgan fingerprint density at radius 2 is 1.91 bits per heavy atom. The zero-order valence-corrected chi connectivity index (χ0v) is 17.8. The Hall–Kier alpha value is -3.73. The molecule has 4 rings (SSSR count).